The van der Waals surface area contributed by atoms with Crippen molar-refractivity contribution >= 4 is 5.91 Å². The first-order chi connectivity index (χ1) is 9.39. The molecule has 20 heavy (non-hydrogen) atoms. The molecule has 0 aliphatic carbocycles. The minimum atomic E-state index is -0.566. The van der Waals surface area contributed by atoms with Crippen LogP contribution in [0.4, 0.5) is 0 Å². The van der Waals surface area contributed by atoms with Gasteiger partial charge in [0, 0.05) is 12.1 Å². The number of likely N-dealkylation sites (tertiary alicyclic amines) is 1. The molecule has 1 rings (SSSR count). The maximum absolute atomic E-state index is 11.7. The van der Waals surface area contributed by atoms with Crippen molar-refractivity contribution in [2.24, 2.45) is 5.73 Å². The normalized spacial score (nSPS) is 23.1. The van der Waals surface area contributed by atoms with Gasteiger partial charge in [-0.2, -0.15) is 0 Å². The summed E-state index contributed by atoms with van der Waals surface area (Å²) in [5, 5.41) is 3.32. The number of nitrogens with one attached hydrogen (secondary N) is 1. The maximum Gasteiger partial charge on any atom is 0.237 e. The second kappa shape index (κ2) is 7.99. The van der Waals surface area contributed by atoms with Gasteiger partial charge in [0.2, 0.25) is 5.91 Å². The largest absolute Gasteiger partial charge is 0.368 e. The Labute approximate surface area is 124 Å². The minimum Gasteiger partial charge on any atom is -0.368 e. The second-order valence-electron chi connectivity index (χ2n) is 6.69. The molecule has 0 saturated carbocycles. The van der Waals surface area contributed by atoms with Crippen LogP contribution in [-0.2, 0) is 4.79 Å². The van der Waals surface area contributed by atoms with Crippen molar-refractivity contribution in [2.75, 3.05) is 13.1 Å². The van der Waals surface area contributed by atoms with E-state index in [2.05, 4.69) is 31.0 Å². The summed E-state index contributed by atoms with van der Waals surface area (Å²) in [6.45, 7) is 10.7. The van der Waals surface area contributed by atoms with E-state index >= 15 is 0 Å². The van der Waals surface area contributed by atoms with Gasteiger partial charge in [-0.3, -0.25) is 4.79 Å². The lowest BCUT2D eigenvalue weighted by atomic mass is 9.93. The summed E-state index contributed by atoms with van der Waals surface area (Å²) in [5.74, 6) is -0.237. The van der Waals surface area contributed by atoms with Crippen molar-refractivity contribution < 1.29 is 4.79 Å². The van der Waals surface area contributed by atoms with E-state index < -0.39 is 5.54 Å². The average molecular weight is 283 g/mol. The van der Waals surface area contributed by atoms with Gasteiger partial charge >= 0.3 is 0 Å². The molecule has 0 aromatic rings. The third-order valence-electron chi connectivity index (χ3n) is 4.49. The number of rotatable bonds is 9. The number of amides is 1. The minimum absolute atomic E-state index is 0.237. The second-order valence-corrected chi connectivity index (χ2v) is 6.69. The van der Waals surface area contributed by atoms with Gasteiger partial charge in [-0.25, -0.2) is 0 Å². The third kappa shape index (κ3) is 5.06. The first-order valence-corrected chi connectivity index (χ1v) is 8.20. The molecule has 0 spiro atoms. The number of unbranched alkanes of at least 4 members (excludes halogenated alkanes) is 1. The Morgan fingerprint density at radius 3 is 2.70 bits per heavy atom. The van der Waals surface area contributed by atoms with Gasteiger partial charge in [0.1, 0.15) is 0 Å². The van der Waals surface area contributed by atoms with Crippen molar-refractivity contribution in [1.82, 2.24) is 10.2 Å². The molecule has 4 nitrogen and oxygen atoms in total. The van der Waals surface area contributed by atoms with Crippen LogP contribution in [0.15, 0.2) is 0 Å². The van der Waals surface area contributed by atoms with Crippen molar-refractivity contribution in [3.8, 4) is 0 Å². The molecule has 118 valence electrons. The summed E-state index contributed by atoms with van der Waals surface area (Å²) in [4.78, 5) is 14.3. The Morgan fingerprint density at radius 2 is 2.15 bits per heavy atom. The molecule has 0 aromatic heterocycles. The van der Waals surface area contributed by atoms with E-state index in [1.54, 1.807) is 0 Å². The highest BCUT2D eigenvalue weighted by molar-refractivity contribution is 5.84. The fourth-order valence-electron chi connectivity index (χ4n) is 3.35. The van der Waals surface area contributed by atoms with Crippen molar-refractivity contribution in [1.29, 1.82) is 0 Å². The maximum atomic E-state index is 11.7. The number of hydrogen-bond donors (Lipinski definition) is 2. The molecule has 0 bridgehead atoms. The van der Waals surface area contributed by atoms with Gasteiger partial charge in [-0.05, 0) is 72.4 Å². The Hall–Kier alpha value is -0.610. The number of carbonyl (C=O) groups excluding carboxylic acids is 1. The zero-order chi connectivity index (χ0) is 15.2. The van der Waals surface area contributed by atoms with Gasteiger partial charge in [0.15, 0.2) is 0 Å². The molecule has 3 N–H and O–H groups in total. The van der Waals surface area contributed by atoms with Crippen molar-refractivity contribution in [3.63, 3.8) is 0 Å². The fourth-order valence-corrected chi connectivity index (χ4v) is 3.35. The van der Waals surface area contributed by atoms with Crippen molar-refractivity contribution in [2.45, 2.75) is 83.8 Å². The van der Waals surface area contributed by atoms with Crippen LogP contribution < -0.4 is 11.1 Å². The molecule has 1 heterocycles. The molecule has 1 fully saturated rings. The summed E-state index contributed by atoms with van der Waals surface area (Å²) in [6, 6.07) is 1.06. The summed E-state index contributed by atoms with van der Waals surface area (Å²) in [5.41, 5.74) is 4.99. The zero-order valence-electron chi connectivity index (χ0n) is 13.7. The molecule has 1 aliphatic rings. The lowest BCUT2D eigenvalue weighted by Crippen LogP contribution is -2.55. The highest BCUT2D eigenvalue weighted by Crippen LogP contribution is 2.21. The summed E-state index contributed by atoms with van der Waals surface area (Å²) in [7, 11) is 0. The smallest absolute Gasteiger partial charge is 0.237 e. The molecular weight excluding hydrogens is 250 g/mol. The molecule has 1 aliphatic heterocycles. The SMILES string of the molecule is CCC1CCCN1CCCCC(C)(NC(C)C)C(N)=O. The lowest BCUT2D eigenvalue weighted by molar-refractivity contribution is -0.124. The summed E-state index contributed by atoms with van der Waals surface area (Å²) < 4.78 is 0. The average Bonchev–Trinajstić information content (AvgIpc) is 2.81. The van der Waals surface area contributed by atoms with E-state index in [4.69, 9.17) is 5.73 Å². The zero-order valence-corrected chi connectivity index (χ0v) is 13.7. The van der Waals surface area contributed by atoms with Crippen LogP contribution >= 0.6 is 0 Å². The number of nitrogens with two attached hydrogens (primary N) is 1. The van der Waals surface area contributed by atoms with Crippen LogP contribution in [0, 0.1) is 0 Å². The van der Waals surface area contributed by atoms with Crippen LogP contribution in [0.5, 0.6) is 0 Å². The van der Waals surface area contributed by atoms with E-state index in [1.165, 1.54) is 25.8 Å². The fraction of sp³-hybridized carbons (Fsp3) is 0.938. The quantitative estimate of drug-likeness (QED) is 0.638. The number of nitrogens with zero attached hydrogens (tertiary/aromatic N) is 1. The lowest BCUT2D eigenvalue weighted by Gasteiger charge is -2.30. The summed E-state index contributed by atoms with van der Waals surface area (Å²) >= 11 is 0. The first kappa shape index (κ1) is 17.4. The van der Waals surface area contributed by atoms with Crippen LogP contribution in [-0.4, -0.2) is 41.5 Å². The Balaban J connectivity index is 2.32. The number of hydrogen-bond acceptors (Lipinski definition) is 3. The van der Waals surface area contributed by atoms with Gasteiger partial charge in [0.25, 0.3) is 0 Å². The number of primary amides is 1. The molecule has 1 amide bonds. The van der Waals surface area contributed by atoms with Gasteiger partial charge in [0.05, 0.1) is 5.54 Å². The topological polar surface area (TPSA) is 58.4 Å². The highest BCUT2D eigenvalue weighted by atomic mass is 16.1. The Bertz CT molecular complexity index is 306. The van der Waals surface area contributed by atoms with Gasteiger partial charge in [-0.15, -0.1) is 0 Å². The monoisotopic (exact) mass is 283 g/mol. The van der Waals surface area contributed by atoms with Crippen LogP contribution in [0.3, 0.4) is 0 Å². The molecule has 1 saturated heterocycles. The summed E-state index contributed by atoms with van der Waals surface area (Å²) in [6.07, 6.45) is 6.97. The van der Waals surface area contributed by atoms with Gasteiger partial charge in [-0.1, -0.05) is 6.92 Å². The van der Waals surface area contributed by atoms with E-state index in [0.29, 0.717) is 0 Å². The first-order valence-electron chi connectivity index (χ1n) is 8.20. The molecule has 0 radical (unpaired) electrons. The van der Waals surface area contributed by atoms with E-state index in [0.717, 1.165) is 31.8 Å². The number of carbonyl (C=O) groups is 1. The van der Waals surface area contributed by atoms with E-state index in [-0.39, 0.29) is 11.9 Å². The Morgan fingerprint density at radius 1 is 1.45 bits per heavy atom. The van der Waals surface area contributed by atoms with Crippen molar-refractivity contribution in [3.05, 3.63) is 0 Å². The van der Waals surface area contributed by atoms with Crippen LogP contribution in [0.25, 0.3) is 0 Å². The van der Waals surface area contributed by atoms with Gasteiger partial charge < -0.3 is 16.0 Å². The van der Waals surface area contributed by atoms with E-state index in [1.807, 2.05) is 6.92 Å². The van der Waals surface area contributed by atoms with Crippen LogP contribution in [0.1, 0.15) is 66.2 Å². The highest BCUT2D eigenvalue weighted by Gasteiger charge is 2.31. The Kier molecular flexibility index (Phi) is 6.96. The molecule has 2 atom stereocenters. The predicted molar refractivity (Wildman–Crippen MR) is 84.6 cm³/mol. The molecule has 2 unspecified atom stereocenters. The third-order valence-corrected chi connectivity index (χ3v) is 4.49. The predicted octanol–water partition coefficient (Wildman–Crippen LogP) is 2.27. The molecule has 4 heteroatoms. The van der Waals surface area contributed by atoms with E-state index in [9.17, 15) is 4.79 Å². The standard InChI is InChI=1S/C16H33N3O/c1-5-14-9-8-12-19(14)11-7-6-10-16(4,15(17)20)18-13(2)3/h13-14,18H,5-12H2,1-4H3,(H2,17,20). The molecular formula is C16H33N3O. The van der Waals surface area contributed by atoms with Crippen LogP contribution in [0.2, 0.25) is 0 Å². The molecule has 0 aromatic carbocycles.